The third-order valence-electron chi connectivity index (χ3n) is 1.15. The van der Waals surface area contributed by atoms with Crippen molar-refractivity contribution in [1.82, 2.24) is 4.31 Å². The molecule has 1 unspecified atom stereocenters. The molecule has 11 heavy (non-hydrogen) atoms. The summed E-state index contributed by atoms with van der Waals surface area (Å²) < 4.78 is 22.5. The first kappa shape index (κ1) is 11.3. The molecule has 0 aliphatic rings. The van der Waals surface area contributed by atoms with E-state index in [0.717, 1.165) is 16.8 Å². The van der Waals surface area contributed by atoms with Crippen LogP contribution in [0.3, 0.4) is 0 Å². The van der Waals surface area contributed by atoms with E-state index in [0.29, 0.717) is 0 Å². The van der Waals surface area contributed by atoms with Crippen molar-refractivity contribution in [1.29, 1.82) is 0 Å². The van der Waals surface area contributed by atoms with Crippen molar-refractivity contribution in [2.45, 2.75) is 3.92 Å². The summed E-state index contributed by atoms with van der Waals surface area (Å²) >= 11 is 1.89. The molecule has 0 aromatic heterocycles. The van der Waals surface area contributed by atoms with E-state index in [9.17, 15) is 13.2 Å². The molecule has 0 aliphatic carbocycles. The van der Waals surface area contributed by atoms with Crippen molar-refractivity contribution < 1.29 is 13.2 Å². The number of rotatable bonds is 4. The lowest BCUT2D eigenvalue weighted by molar-refractivity contribution is -0.107. The van der Waals surface area contributed by atoms with Gasteiger partial charge in [0.05, 0.1) is 10.2 Å². The number of aldehydes is 1. The van der Waals surface area contributed by atoms with Crippen LogP contribution in [0.15, 0.2) is 0 Å². The zero-order valence-electron chi connectivity index (χ0n) is 6.32. The predicted molar refractivity (Wildman–Crippen MR) is 51.3 cm³/mol. The Kier molecular flexibility index (Phi) is 4.49. The highest BCUT2D eigenvalue weighted by Crippen LogP contribution is 2.01. The Balaban J connectivity index is 4.09. The second-order valence-electron chi connectivity index (χ2n) is 2.20. The summed E-state index contributed by atoms with van der Waals surface area (Å²) in [5.74, 6) is 0. The molecule has 0 aliphatic heterocycles. The number of hydrogen-bond acceptors (Lipinski definition) is 3. The molecule has 0 spiro atoms. The number of nitrogens with zero attached hydrogens (tertiary/aromatic N) is 1. The van der Waals surface area contributed by atoms with Crippen LogP contribution >= 0.6 is 22.6 Å². The standard InChI is InChI=1S/C5H10INO3S/c1-7(11(2,9)10)3-5(6)4-8/h4-5H,3H2,1-2H3. The smallest absolute Gasteiger partial charge is 0.210 e. The molecule has 0 saturated carbocycles. The third kappa shape index (κ3) is 4.70. The van der Waals surface area contributed by atoms with Gasteiger partial charge >= 0.3 is 0 Å². The highest BCUT2D eigenvalue weighted by molar-refractivity contribution is 14.1. The second-order valence-corrected chi connectivity index (χ2v) is 5.88. The van der Waals surface area contributed by atoms with Crippen LogP contribution in [0.2, 0.25) is 0 Å². The van der Waals surface area contributed by atoms with E-state index in [2.05, 4.69) is 0 Å². The van der Waals surface area contributed by atoms with E-state index < -0.39 is 10.0 Å². The normalized spacial score (nSPS) is 14.9. The van der Waals surface area contributed by atoms with Crippen molar-refractivity contribution in [3.63, 3.8) is 0 Å². The molecule has 0 amide bonds. The molecule has 4 nitrogen and oxygen atoms in total. The SMILES string of the molecule is CN(CC(I)C=O)S(C)(=O)=O. The summed E-state index contributed by atoms with van der Waals surface area (Å²) in [7, 11) is -1.69. The summed E-state index contributed by atoms with van der Waals surface area (Å²) in [5.41, 5.74) is 0. The topological polar surface area (TPSA) is 54.5 Å². The first-order chi connectivity index (χ1) is 4.88. The minimum absolute atomic E-state index is 0.239. The quantitative estimate of drug-likeness (QED) is 0.412. The second kappa shape index (κ2) is 4.36. The number of carbonyl (C=O) groups excluding carboxylic acids is 1. The van der Waals surface area contributed by atoms with Gasteiger partial charge in [0.2, 0.25) is 10.0 Å². The Labute approximate surface area is 80.1 Å². The first-order valence-electron chi connectivity index (χ1n) is 2.88. The predicted octanol–water partition coefficient (Wildman–Crippen LogP) is -0.120. The summed E-state index contributed by atoms with van der Waals surface area (Å²) in [4.78, 5) is 10.1. The Hall–Kier alpha value is 0.310. The van der Waals surface area contributed by atoms with Crippen LogP contribution in [-0.2, 0) is 14.8 Å². The Morgan fingerprint density at radius 1 is 1.64 bits per heavy atom. The fourth-order valence-electron chi connectivity index (χ4n) is 0.424. The van der Waals surface area contributed by atoms with Crippen molar-refractivity contribution >= 4 is 38.9 Å². The summed E-state index contributed by atoms with van der Waals surface area (Å²) in [6, 6.07) is 0. The minimum Gasteiger partial charge on any atom is -0.302 e. The lowest BCUT2D eigenvalue weighted by atomic mass is 10.5. The number of hydrogen-bond donors (Lipinski definition) is 0. The van der Waals surface area contributed by atoms with Crippen LogP contribution in [0.4, 0.5) is 0 Å². The number of sulfonamides is 1. The average Bonchev–Trinajstić information content (AvgIpc) is 1.85. The van der Waals surface area contributed by atoms with Gasteiger partial charge in [-0.2, -0.15) is 0 Å². The van der Waals surface area contributed by atoms with E-state index in [4.69, 9.17) is 0 Å². The minimum atomic E-state index is -3.14. The van der Waals surface area contributed by atoms with Crippen molar-refractivity contribution in [2.75, 3.05) is 19.8 Å². The van der Waals surface area contributed by atoms with E-state index >= 15 is 0 Å². The van der Waals surface area contributed by atoms with Gasteiger partial charge in [-0.15, -0.1) is 0 Å². The molecular weight excluding hydrogens is 281 g/mol. The van der Waals surface area contributed by atoms with Crippen LogP contribution < -0.4 is 0 Å². The molecule has 0 heterocycles. The molecule has 0 N–H and O–H groups in total. The van der Waals surface area contributed by atoms with E-state index in [1.807, 2.05) is 22.6 Å². The number of carbonyl (C=O) groups is 1. The van der Waals surface area contributed by atoms with Crippen molar-refractivity contribution in [3.8, 4) is 0 Å². The van der Waals surface area contributed by atoms with Crippen LogP contribution in [-0.4, -0.2) is 42.8 Å². The van der Waals surface area contributed by atoms with Gasteiger partial charge in [-0.25, -0.2) is 12.7 Å². The van der Waals surface area contributed by atoms with Gasteiger partial charge in [0.15, 0.2) is 0 Å². The molecule has 66 valence electrons. The monoisotopic (exact) mass is 291 g/mol. The van der Waals surface area contributed by atoms with Crippen LogP contribution in [0.25, 0.3) is 0 Å². The van der Waals surface area contributed by atoms with Gasteiger partial charge in [0.1, 0.15) is 6.29 Å². The highest BCUT2D eigenvalue weighted by atomic mass is 127. The maximum atomic E-state index is 10.8. The van der Waals surface area contributed by atoms with Gasteiger partial charge in [0.25, 0.3) is 0 Å². The number of alkyl halides is 1. The van der Waals surface area contributed by atoms with Crippen molar-refractivity contribution in [2.24, 2.45) is 0 Å². The molecule has 0 bridgehead atoms. The third-order valence-corrected chi connectivity index (χ3v) is 3.11. The van der Waals surface area contributed by atoms with Crippen molar-refractivity contribution in [3.05, 3.63) is 0 Å². The lowest BCUT2D eigenvalue weighted by Gasteiger charge is -2.14. The van der Waals surface area contributed by atoms with E-state index in [1.54, 1.807) is 0 Å². The molecule has 0 radical (unpaired) electrons. The van der Waals surface area contributed by atoms with Gasteiger partial charge in [-0.1, -0.05) is 22.6 Å². The summed E-state index contributed by atoms with van der Waals surface area (Å²) in [5, 5.41) is 0. The molecule has 0 aromatic carbocycles. The zero-order valence-corrected chi connectivity index (χ0v) is 9.29. The molecule has 6 heteroatoms. The summed E-state index contributed by atoms with van der Waals surface area (Å²) in [6.45, 7) is 0.239. The van der Waals surface area contributed by atoms with Crippen LogP contribution in [0.1, 0.15) is 0 Å². The Bertz CT molecular complexity index is 226. The first-order valence-corrected chi connectivity index (χ1v) is 5.98. The fraction of sp³-hybridized carbons (Fsp3) is 0.800. The van der Waals surface area contributed by atoms with Crippen LogP contribution in [0.5, 0.6) is 0 Å². The van der Waals surface area contributed by atoms with E-state index in [-0.39, 0.29) is 10.5 Å². The molecule has 0 rings (SSSR count). The molecule has 0 saturated heterocycles. The molecule has 1 atom stereocenters. The largest absolute Gasteiger partial charge is 0.302 e. The van der Waals surface area contributed by atoms with Crippen LogP contribution in [0, 0.1) is 0 Å². The molecule has 0 aromatic rings. The maximum absolute atomic E-state index is 10.8. The molecule has 0 fully saturated rings. The summed E-state index contributed by atoms with van der Waals surface area (Å²) in [6.07, 6.45) is 1.84. The maximum Gasteiger partial charge on any atom is 0.210 e. The van der Waals surface area contributed by atoms with Gasteiger partial charge in [-0.3, -0.25) is 0 Å². The van der Waals surface area contributed by atoms with Gasteiger partial charge in [-0.05, 0) is 0 Å². The number of halogens is 1. The van der Waals surface area contributed by atoms with Gasteiger partial charge in [0, 0.05) is 13.6 Å². The zero-order chi connectivity index (χ0) is 9.07. The Morgan fingerprint density at radius 3 is 2.36 bits per heavy atom. The fourth-order valence-corrected chi connectivity index (χ4v) is 1.71. The Morgan fingerprint density at radius 2 is 2.09 bits per heavy atom. The molecular formula is C5H10INO3S. The average molecular weight is 291 g/mol. The highest BCUT2D eigenvalue weighted by Gasteiger charge is 2.14. The van der Waals surface area contributed by atoms with Gasteiger partial charge < -0.3 is 4.79 Å². The lowest BCUT2D eigenvalue weighted by Crippen LogP contribution is -2.31. The van der Waals surface area contributed by atoms with E-state index in [1.165, 1.54) is 7.05 Å².